The van der Waals surface area contributed by atoms with Gasteiger partial charge in [-0.05, 0) is 30.3 Å². The third-order valence-electron chi connectivity index (χ3n) is 6.98. The van der Waals surface area contributed by atoms with E-state index >= 15 is 0 Å². The van der Waals surface area contributed by atoms with Crippen LogP contribution in [-0.4, -0.2) is 99.2 Å². The number of rotatable bonds is 6. The van der Waals surface area contributed by atoms with Crippen LogP contribution in [0.5, 0.6) is 5.75 Å². The van der Waals surface area contributed by atoms with Crippen LogP contribution in [0, 0.1) is 5.82 Å². The number of carbonyl (C=O) groups is 1. The highest BCUT2D eigenvalue weighted by Gasteiger charge is 2.40. The highest BCUT2D eigenvalue weighted by Crippen LogP contribution is 2.32. The van der Waals surface area contributed by atoms with Gasteiger partial charge in [0.05, 0.1) is 13.4 Å². The Morgan fingerprint density at radius 2 is 1.74 bits per heavy atom. The quantitative estimate of drug-likeness (QED) is 0.604. The first-order valence-corrected chi connectivity index (χ1v) is 13.6. The van der Waals surface area contributed by atoms with Crippen molar-refractivity contribution < 1.29 is 22.3 Å². The van der Waals surface area contributed by atoms with E-state index in [-0.39, 0.29) is 23.7 Å². The molecule has 2 aromatic rings. The monoisotopic (exact) mass is 504 g/mol. The third kappa shape index (κ3) is 5.76. The minimum absolute atomic E-state index is 0.0570. The molecule has 0 aliphatic carbocycles. The van der Waals surface area contributed by atoms with Gasteiger partial charge in [0.2, 0.25) is 10.0 Å². The van der Waals surface area contributed by atoms with Crippen LogP contribution in [0.1, 0.15) is 17.0 Å². The van der Waals surface area contributed by atoms with E-state index in [2.05, 4.69) is 17.0 Å². The molecule has 2 aliphatic heterocycles. The lowest BCUT2D eigenvalue weighted by atomic mass is 9.93. The topological polar surface area (TPSA) is 73.4 Å². The number of likely N-dealkylation sites (N-methyl/N-ethyl adjacent to an activating group) is 1. The number of carbonyl (C=O) groups excluding carboxylic acids is 1. The first-order chi connectivity index (χ1) is 16.7. The van der Waals surface area contributed by atoms with Crippen molar-refractivity contribution in [2.75, 3.05) is 59.7 Å². The molecule has 2 aliphatic rings. The highest BCUT2D eigenvalue weighted by molar-refractivity contribution is 7.88. The van der Waals surface area contributed by atoms with Crippen molar-refractivity contribution in [1.29, 1.82) is 0 Å². The molecule has 0 aromatic heterocycles. The number of benzene rings is 2. The van der Waals surface area contributed by atoms with Gasteiger partial charge in [0.1, 0.15) is 0 Å². The van der Waals surface area contributed by atoms with Gasteiger partial charge < -0.3 is 14.5 Å². The standard InChI is InChI=1S/C25H33FN4O4S/c1-27(16-19-9-10-22(26)24(15-19)34-2)23-18-29(17-21(23)20-7-5-4-6-8-20)25(31)28-11-13-30(14-12-28)35(3,32)33/h4-10,15,21,23H,11-14,16-18H2,1-3H3/t21-,23?/m1/s1. The lowest BCUT2D eigenvalue weighted by molar-refractivity contribution is 0.138. The number of nitrogens with zero attached hydrogens (tertiary/aromatic N) is 4. The summed E-state index contributed by atoms with van der Waals surface area (Å²) in [6, 6.07) is 15.1. The van der Waals surface area contributed by atoms with E-state index in [0.717, 1.165) is 5.56 Å². The third-order valence-corrected chi connectivity index (χ3v) is 8.28. The van der Waals surface area contributed by atoms with Gasteiger partial charge in [-0.1, -0.05) is 36.4 Å². The minimum Gasteiger partial charge on any atom is -0.494 e. The lowest BCUT2D eigenvalue weighted by Gasteiger charge is -2.35. The van der Waals surface area contributed by atoms with E-state index in [9.17, 15) is 17.6 Å². The average molecular weight is 505 g/mol. The van der Waals surface area contributed by atoms with E-state index in [1.54, 1.807) is 17.0 Å². The van der Waals surface area contributed by atoms with E-state index in [1.165, 1.54) is 29.3 Å². The summed E-state index contributed by atoms with van der Waals surface area (Å²) in [6.45, 7) is 3.12. The molecule has 2 fully saturated rings. The molecule has 4 rings (SSSR count). The van der Waals surface area contributed by atoms with Crippen molar-refractivity contribution in [2.24, 2.45) is 0 Å². The normalized spacial score (nSPS) is 21.5. The number of piperazine rings is 1. The Kier molecular flexibility index (Phi) is 7.63. The number of hydrogen-bond acceptors (Lipinski definition) is 5. The number of likely N-dealkylation sites (tertiary alicyclic amines) is 1. The number of urea groups is 1. The van der Waals surface area contributed by atoms with Crippen LogP contribution >= 0.6 is 0 Å². The zero-order valence-corrected chi connectivity index (χ0v) is 21.2. The summed E-state index contributed by atoms with van der Waals surface area (Å²) in [5, 5.41) is 0. The van der Waals surface area contributed by atoms with E-state index in [4.69, 9.17) is 4.74 Å². The summed E-state index contributed by atoms with van der Waals surface area (Å²) >= 11 is 0. The highest BCUT2D eigenvalue weighted by atomic mass is 32.2. The maximum absolute atomic E-state index is 13.9. The molecule has 2 atom stereocenters. The van der Waals surface area contributed by atoms with Crippen LogP contribution < -0.4 is 4.74 Å². The van der Waals surface area contributed by atoms with Crippen LogP contribution in [0.15, 0.2) is 48.5 Å². The molecule has 2 saturated heterocycles. The van der Waals surface area contributed by atoms with E-state index < -0.39 is 15.8 Å². The number of methoxy groups -OCH3 is 1. The van der Waals surface area contributed by atoms with Crippen molar-refractivity contribution in [3.63, 3.8) is 0 Å². The molecule has 10 heteroatoms. The number of sulfonamides is 1. The zero-order chi connectivity index (χ0) is 25.2. The Morgan fingerprint density at radius 1 is 1.06 bits per heavy atom. The van der Waals surface area contributed by atoms with Gasteiger partial charge in [0, 0.05) is 57.8 Å². The second kappa shape index (κ2) is 10.5. The molecule has 0 radical (unpaired) electrons. The first kappa shape index (κ1) is 25.4. The number of amides is 2. The fourth-order valence-corrected chi connectivity index (χ4v) is 5.86. The predicted molar refractivity (Wildman–Crippen MR) is 132 cm³/mol. The van der Waals surface area contributed by atoms with E-state index in [1.807, 2.05) is 30.1 Å². The van der Waals surface area contributed by atoms with Crippen molar-refractivity contribution in [3.8, 4) is 5.75 Å². The minimum atomic E-state index is -3.25. The maximum atomic E-state index is 13.9. The fraction of sp³-hybridized carbons (Fsp3) is 0.480. The smallest absolute Gasteiger partial charge is 0.320 e. The molecule has 2 heterocycles. The van der Waals surface area contributed by atoms with Crippen LogP contribution in [0.3, 0.4) is 0 Å². The second-order valence-corrected chi connectivity index (χ2v) is 11.3. The molecular weight excluding hydrogens is 471 g/mol. The molecule has 0 N–H and O–H groups in total. The molecule has 190 valence electrons. The van der Waals surface area contributed by atoms with Gasteiger partial charge in [-0.3, -0.25) is 4.90 Å². The summed E-state index contributed by atoms with van der Waals surface area (Å²) in [4.78, 5) is 19.2. The Bertz CT molecular complexity index is 1140. The van der Waals surface area contributed by atoms with Crippen molar-refractivity contribution in [2.45, 2.75) is 18.5 Å². The van der Waals surface area contributed by atoms with Gasteiger partial charge in [0.25, 0.3) is 0 Å². The molecule has 2 amide bonds. The molecular formula is C25H33FN4O4S. The molecule has 8 nitrogen and oxygen atoms in total. The van der Waals surface area contributed by atoms with Crippen LogP contribution in [0.4, 0.5) is 9.18 Å². The Balaban J connectivity index is 1.49. The molecule has 2 aromatic carbocycles. The largest absolute Gasteiger partial charge is 0.494 e. The summed E-state index contributed by atoms with van der Waals surface area (Å²) in [6.07, 6.45) is 1.20. The predicted octanol–water partition coefficient (Wildman–Crippen LogP) is 2.43. The Hall–Kier alpha value is -2.69. The zero-order valence-electron chi connectivity index (χ0n) is 20.4. The number of hydrogen-bond donors (Lipinski definition) is 0. The van der Waals surface area contributed by atoms with Gasteiger partial charge in [-0.2, -0.15) is 4.31 Å². The maximum Gasteiger partial charge on any atom is 0.320 e. The summed E-state index contributed by atoms with van der Waals surface area (Å²) in [5.74, 6) is -0.0635. The van der Waals surface area contributed by atoms with Crippen LogP contribution in [-0.2, 0) is 16.6 Å². The Labute approximate surface area is 206 Å². The van der Waals surface area contributed by atoms with Crippen molar-refractivity contribution in [3.05, 3.63) is 65.5 Å². The summed E-state index contributed by atoms with van der Waals surface area (Å²) in [5.41, 5.74) is 2.09. The molecule has 1 unspecified atom stereocenters. The van der Waals surface area contributed by atoms with Gasteiger partial charge in [-0.15, -0.1) is 0 Å². The molecule has 0 saturated carbocycles. The number of halogens is 1. The van der Waals surface area contributed by atoms with Crippen LogP contribution in [0.25, 0.3) is 0 Å². The van der Waals surface area contributed by atoms with Crippen molar-refractivity contribution >= 4 is 16.1 Å². The SMILES string of the molecule is COc1cc(CN(C)C2CN(C(=O)N3CCN(S(C)(=O)=O)CC3)C[C@@H]2c2ccccc2)ccc1F. The Morgan fingerprint density at radius 3 is 2.37 bits per heavy atom. The van der Waals surface area contributed by atoms with Gasteiger partial charge in [-0.25, -0.2) is 17.6 Å². The lowest BCUT2D eigenvalue weighted by Crippen LogP contribution is -2.53. The molecule has 0 spiro atoms. The average Bonchev–Trinajstić information content (AvgIpc) is 3.30. The molecule has 35 heavy (non-hydrogen) atoms. The summed E-state index contributed by atoms with van der Waals surface area (Å²) in [7, 11) is 0.221. The number of ether oxygens (including phenoxy) is 1. The molecule has 0 bridgehead atoms. The van der Waals surface area contributed by atoms with Crippen LogP contribution in [0.2, 0.25) is 0 Å². The van der Waals surface area contributed by atoms with Gasteiger partial charge in [0.15, 0.2) is 11.6 Å². The fourth-order valence-electron chi connectivity index (χ4n) is 5.04. The van der Waals surface area contributed by atoms with E-state index in [0.29, 0.717) is 45.8 Å². The van der Waals surface area contributed by atoms with Gasteiger partial charge >= 0.3 is 6.03 Å². The second-order valence-electron chi connectivity index (χ2n) is 9.31. The van der Waals surface area contributed by atoms with Crippen molar-refractivity contribution in [1.82, 2.24) is 19.0 Å². The first-order valence-electron chi connectivity index (χ1n) is 11.7. The summed E-state index contributed by atoms with van der Waals surface area (Å²) < 4.78 is 44.1.